The molecule has 8 nitrogen and oxygen atoms in total. The molecule has 1 fully saturated rings. The van der Waals surface area contributed by atoms with Gasteiger partial charge in [-0.15, -0.1) is 11.3 Å². The molecule has 0 amide bonds. The molecule has 0 bridgehead atoms. The second kappa shape index (κ2) is 8.46. The maximum Gasteiger partial charge on any atom is 0.335 e. The van der Waals surface area contributed by atoms with E-state index in [0.29, 0.717) is 28.5 Å². The number of aliphatic imine (C=N–C) groups is 1. The molecule has 2 aromatic rings. The van der Waals surface area contributed by atoms with Crippen molar-refractivity contribution in [3.05, 3.63) is 62.5 Å². The van der Waals surface area contributed by atoms with E-state index in [2.05, 4.69) is 20.0 Å². The molecule has 1 saturated carbocycles. The van der Waals surface area contributed by atoms with Crippen molar-refractivity contribution >= 4 is 44.8 Å². The molecule has 0 spiro atoms. The summed E-state index contributed by atoms with van der Waals surface area (Å²) >= 11 is 7.63. The van der Waals surface area contributed by atoms with Gasteiger partial charge in [0.15, 0.2) is 10.8 Å². The molecule has 3 atom stereocenters. The number of carboxylic acids is 1. The van der Waals surface area contributed by atoms with Gasteiger partial charge in [0.25, 0.3) is 0 Å². The van der Waals surface area contributed by atoms with Crippen molar-refractivity contribution < 1.29 is 22.7 Å². The van der Waals surface area contributed by atoms with E-state index in [1.165, 1.54) is 23.5 Å². The van der Waals surface area contributed by atoms with Crippen molar-refractivity contribution in [1.82, 2.24) is 15.0 Å². The lowest BCUT2D eigenvalue weighted by Crippen LogP contribution is -2.60. The number of halogens is 2. The Hall–Kier alpha value is -2.34. The largest absolute Gasteiger partial charge is 0.478 e. The molecule has 1 aromatic carbocycles. The fraction of sp³-hybridized carbons (Fsp3) is 0.381. The predicted octanol–water partition coefficient (Wildman–Crippen LogP) is 3.33. The molecule has 2 heterocycles. The number of carboxylic acid groups (broad SMARTS) is 1. The van der Waals surface area contributed by atoms with Crippen molar-refractivity contribution in [1.29, 1.82) is 0 Å². The lowest BCUT2D eigenvalue weighted by molar-refractivity contribution is -0.133. The number of rotatable bonds is 6. The van der Waals surface area contributed by atoms with Crippen molar-refractivity contribution in [2.45, 2.75) is 32.4 Å². The molecule has 0 saturated heterocycles. The predicted molar refractivity (Wildman–Crippen MR) is 124 cm³/mol. The van der Waals surface area contributed by atoms with Crippen LogP contribution in [0.4, 0.5) is 4.39 Å². The Morgan fingerprint density at radius 2 is 2.12 bits per heavy atom. The summed E-state index contributed by atoms with van der Waals surface area (Å²) in [4.78, 5) is 21.4. The first-order chi connectivity index (χ1) is 15.4. The summed E-state index contributed by atoms with van der Waals surface area (Å²) < 4.78 is 39.9. The van der Waals surface area contributed by atoms with Gasteiger partial charge >= 0.3 is 5.97 Å². The third-order valence-corrected chi connectivity index (χ3v) is 7.99. The van der Waals surface area contributed by atoms with Crippen molar-refractivity contribution in [2.24, 2.45) is 16.3 Å². The number of nitrogens with zero attached hydrogens (tertiary/aromatic N) is 2. The van der Waals surface area contributed by atoms with E-state index in [4.69, 9.17) is 11.6 Å². The topological polar surface area (TPSA) is 121 Å². The van der Waals surface area contributed by atoms with Crippen LogP contribution in [0.15, 0.2) is 46.0 Å². The Morgan fingerprint density at radius 3 is 2.67 bits per heavy atom. The monoisotopic (exact) mass is 512 g/mol. The maximum absolute atomic E-state index is 13.7. The van der Waals surface area contributed by atoms with Gasteiger partial charge in [-0.3, -0.25) is 4.99 Å². The van der Waals surface area contributed by atoms with Crippen LogP contribution in [0.25, 0.3) is 0 Å². The van der Waals surface area contributed by atoms with Crippen LogP contribution >= 0.6 is 22.9 Å². The molecule has 0 radical (unpaired) electrons. The molecule has 1 aromatic heterocycles. The first-order valence-corrected chi connectivity index (χ1v) is 13.2. The van der Waals surface area contributed by atoms with E-state index in [0.717, 1.165) is 12.3 Å². The van der Waals surface area contributed by atoms with Gasteiger partial charge in [-0.2, -0.15) is 0 Å². The Morgan fingerprint density at radius 1 is 1.39 bits per heavy atom. The average molecular weight is 513 g/mol. The number of aliphatic carboxylic acids is 1. The molecule has 3 N–H and O–H groups in total. The summed E-state index contributed by atoms with van der Waals surface area (Å²) in [5, 5.41) is 15.7. The maximum atomic E-state index is 13.7. The molecule has 2 aliphatic rings. The quantitative estimate of drug-likeness (QED) is 0.546. The number of hydrogen-bond donors (Lipinski definition) is 3. The van der Waals surface area contributed by atoms with E-state index in [1.807, 2.05) is 13.8 Å². The smallest absolute Gasteiger partial charge is 0.335 e. The van der Waals surface area contributed by atoms with Gasteiger partial charge in [0.1, 0.15) is 11.9 Å². The van der Waals surface area contributed by atoms with Crippen LogP contribution in [0.3, 0.4) is 0 Å². The zero-order valence-electron chi connectivity index (χ0n) is 18.0. The zero-order valence-corrected chi connectivity index (χ0v) is 20.4. The first-order valence-electron chi connectivity index (χ1n) is 10.0. The molecular weight excluding hydrogens is 491 g/mol. The highest BCUT2D eigenvalue weighted by Crippen LogP contribution is 2.52. The highest BCUT2D eigenvalue weighted by molar-refractivity contribution is 7.88. The number of allylic oxidation sites excluding steroid dienone is 1. The Labute approximate surface area is 199 Å². The Balaban J connectivity index is 1.84. The van der Waals surface area contributed by atoms with Gasteiger partial charge in [-0.05, 0) is 24.0 Å². The number of hydrogen-bond acceptors (Lipinski definition) is 7. The van der Waals surface area contributed by atoms with Crippen molar-refractivity contribution in [3.63, 3.8) is 0 Å². The summed E-state index contributed by atoms with van der Waals surface area (Å²) in [7, 11) is -3.44. The number of thiazole rings is 1. The normalized spacial score (nSPS) is 24.6. The third kappa shape index (κ3) is 4.54. The highest BCUT2D eigenvalue weighted by atomic mass is 35.5. The minimum Gasteiger partial charge on any atom is -0.478 e. The van der Waals surface area contributed by atoms with E-state index in [1.54, 1.807) is 11.6 Å². The Bertz CT molecular complexity index is 1280. The summed E-state index contributed by atoms with van der Waals surface area (Å²) in [5.74, 6) is -1.67. The SMILES string of the molecule is CC1(C)C(NS(C)(=O)=O)CC1C1=C(C(=O)O)C(c2ccc(F)cc2Cl)N=C(c2nccs2)N1. The van der Waals surface area contributed by atoms with E-state index < -0.39 is 33.3 Å². The van der Waals surface area contributed by atoms with Gasteiger partial charge in [0, 0.05) is 39.8 Å². The fourth-order valence-electron chi connectivity index (χ4n) is 4.35. The Kier molecular flexibility index (Phi) is 6.10. The second-order valence-electron chi connectivity index (χ2n) is 8.69. The number of amidine groups is 1. The summed E-state index contributed by atoms with van der Waals surface area (Å²) in [5.41, 5.74) is 0.171. The molecule has 3 unspecified atom stereocenters. The van der Waals surface area contributed by atoms with Gasteiger partial charge in [0.05, 0.1) is 11.8 Å². The summed E-state index contributed by atoms with van der Waals surface area (Å²) in [6.45, 7) is 3.76. The highest BCUT2D eigenvalue weighted by Gasteiger charge is 2.53. The van der Waals surface area contributed by atoms with Crippen LogP contribution in [-0.2, 0) is 14.8 Å². The molecule has 176 valence electrons. The molecule has 12 heteroatoms. The number of nitrogens with one attached hydrogen (secondary N) is 2. The summed E-state index contributed by atoms with van der Waals surface area (Å²) in [6, 6.07) is 2.40. The van der Waals surface area contributed by atoms with Crippen LogP contribution in [0.1, 0.15) is 36.9 Å². The van der Waals surface area contributed by atoms with Crippen molar-refractivity contribution in [2.75, 3.05) is 6.26 Å². The van der Waals surface area contributed by atoms with Crippen LogP contribution < -0.4 is 10.0 Å². The molecule has 1 aliphatic heterocycles. The van der Waals surface area contributed by atoms with Crippen LogP contribution in [-0.4, -0.2) is 42.6 Å². The van der Waals surface area contributed by atoms with Gasteiger partial charge < -0.3 is 10.4 Å². The molecule has 1 aliphatic carbocycles. The lowest BCUT2D eigenvalue weighted by atomic mass is 9.57. The molecular formula is C21H22ClFN4O4S2. The van der Waals surface area contributed by atoms with E-state index in [9.17, 15) is 22.7 Å². The number of benzene rings is 1. The minimum absolute atomic E-state index is 0.0142. The van der Waals surface area contributed by atoms with Crippen LogP contribution in [0.2, 0.25) is 5.02 Å². The van der Waals surface area contributed by atoms with Crippen LogP contribution in [0, 0.1) is 17.2 Å². The van der Waals surface area contributed by atoms with Crippen molar-refractivity contribution in [3.8, 4) is 0 Å². The van der Waals surface area contributed by atoms with E-state index in [-0.39, 0.29) is 22.6 Å². The van der Waals surface area contributed by atoms with Gasteiger partial charge in [-0.25, -0.2) is 27.3 Å². The average Bonchev–Trinajstić information content (AvgIpc) is 3.24. The number of carbonyl (C=O) groups is 1. The third-order valence-electron chi connectivity index (χ3n) is 6.17. The fourth-order valence-corrected chi connectivity index (χ4v) is 6.12. The van der Waals surface area contributed by atoms with Gasteiger partial charge in [0.2, 0.25) is 10.0 Å². The molecule has 4 rings (SSSR count). The van der Waals surface area contributed by atoms with E-state index >= 15 is 0 Å². The number of sulfonamides is 1. The second-order valence-corrected chi connectivity index (χ2v) is 11.8. The lowest BCUT2D eigenvalue weighted by Gasteiger charge is -2.53. The van der Waals surface area contributed by atoms with Gasteiger partial charge in [-0.1, -0.05) is 31.5 Å². The zero-order chi connectivity index (χ0) is 24.1. The first kappa shape index (κ1) is 23.8. The standard InChI is InChI=1S/C21H22ClFN4O4S2/c1-21(2)12(9-14(21)27-33(3,30)31)17-15(20(28)29)16(11-5-4-10(23)8-13(11)22)25-18(26-17)19-24-6-7-32-19/h4-8,12,14,16,27H,9H2,1-3H3,(H,25,26)(H,28,29). The van der Waals surface area contributed by atoms with Crippen LogP contribution in [0.5, 0.6) is 0 Å². The number of aromatic nitrogens is 1. The molecule has 33 heavy (non-hydrogen) atoms. The minimum atomic E-state index is -3.44. The summed E-state index contributed by atoms with van der Waals surface area (Å²) in [6.07, 6.45) is 3.10.